The van der Waals surface area contributed by atoms with Gasteiger partial charge in [-0.1, -0.05) is 15.9 Å². The number of carbonyl (C=O) groups is 2. The van der Waals surface area contributed by atoms with Crippen LogP contribution in [0, 0.1) is 0 Å². The Labute approximate surface area is 157 Å². The number of hydrogen-bond donors (Lipinski definition) is 1. The highest BCUT2D eigenvalue weighted by molar-refractivity contribution is 9.11. The summed E-state index contributed by atoms with van der Waals surface area (Å²) in [7, 11) is 4.76. The highest BCUT2D eigenvalue weighted by Gasteiger charge is 2.64. The molecule has 1 unspecified atom stereocenters. The summed E-state index contributed by atoms with van der Waals surface area (Å²) in [6.07, 6.45) is -0.337. The lowest BCUT2D eigenvalue weighted by molar-refractivity contribution is -0.142. The Morgan fingerprint density at radius 1 is 1.25 bits per heavy atom. The zero-order valence-electron chi connectivity index (χ0n) is 13.5. The van der Waals surface area contributed by atoms with Crippen molar-refractivity contribution in [3.8, 4) is 5.75 Å². The van der Waals surface area contributed by atoms with Gasteiger partial charge < -0.3 is 19.6 Å². The molecule has 1 N–H and O–H groups in total. The van der Waals surface area contributed by atoms with Gasteiger partial charge in [0.05, 0.1) is 17.5 Å². The highest BCUT2D eigenvalue weighted by atomic mass is 79.9. The average molecular weight is 462 g/mol. The molecule has 3 atom stereocenters. The van der Waals surface area contributed by atoms with Crippen LogP contribution in [-0.2, 0) is 9.59 Å². The van der Waals surface area contributed by atoms with Gasteiger partial charge in [0.15, 0.2) is 0 Å². The molecule has 3 rings (SSSR count). The van der Waals surface area contributed by atoms with Crippen molar-refractivity contribution < 1.29 is 19.4 Å². The fourth-order valence-electron chi connectivity index (χ4n) is 3.86. The van der Waals surface area contributed by atoms with E-state index in [1.165, 1.54) is 9.80 Å². The number of rotatable bonds is 2. The molecular formula is C16H18Br2N2O4. The number of carbonyl (C=O) groups excluding carboxylic acids is 2. The third-order valence-electron chi connectivity index (χ3n) is 5.20. The molecule has 2 aliphatic heterocycles. The molecule has 2 aliphatic rings. The van der Waals surface area contributed by atoms with E-state index in [0.29, 0.717) is 18.6 Å². The van der Waals surface area contributed by atoms with Crippen LogP contribution in [-0.4, -0.2) is 59.7 Å². The van der Waals surface area contributed by atoms with Crippen LogP contribution >= 0.6 is 31.9 Å². The van der Waals surface area contributed by atoms with Crippen molar-refractivity contribution in [2.75, 3.05) is 21.2 Å². The molecule has 1 aromatic rings. The monoisotopic (exact) mass is 460 g/mol. The Hall–Kier alpha value is -1.12. The van der Waals surface area contributed by atoms with Gasteiger partial charge in [-0.15, -0.1) is 0 Å². The summed E-state index contributed by atoms with van der Waals surface area (Å²) in [6, 6.07) is 3.63. The van der Waals surface area contributed by atoms with E-state index in [1.54, 1.807) is 27.3 Å². The van der Waals surface area contributed by atoms with Gasteiger partial charge in [0.2, 0.25) is 5.91 Å². The number of aliphatic hydroxyl groups excluding tert-OH is 1. The molecule has 24 heavy (non-hydrogen) atoms. The zero-order chi connectivity index (χ0) is 17.8. The predicted molar refractivity (Wildman–Crippen MR) is 94.6 cm³/mol. The molecule has 0 aliphatic carbocycles. The van der Waals surface area contributed by atoms with Gasteiger partial charge in [-0.25, -0.2) is 0 Å². The molecule has 0 bridgehead atoms. The number of benzene rings is 1. The minimum absolute atomic E-state index is 0.0870. The molecule has 0 saturated carbocycles. The predicted octanol–water partition coefficient (Wildman–Crippen LogP) is 2.09. The van der Waals surface area contributed by atoms with E-state index < -0.39 is 17.7 Å². The lowest BCUT2D eigenvalue weighted by Gasteiger charge is -2.36. The van der Waals surface area contributed by atoms with E-state index >= 15 is 0 Å². The van der Waals surface area contributed by atoms with E-state index in [0.717, 1.165) is 14.5 Å². The van der Waals surface area contributed by atoms with Gasteiger partial charge in [-0.05, 0) is 40.0 Å². The molecule has 6 nitrogen and oxygen atoms in total. The summed E-state index contributed by atoms with van der Waals surface area (Å²) in [4.78, 5) is 27.9. The van der Waals surface area contributed by atoms with E-state index in [2.05, 4.69) is 31.9 Å². The molecule has 2 heterocycles. The normalized spacial score (nSPS) is 29.9. The van der Waals surface area contributed by atoms with Crippen LogP contribution in [0.3, 0.4) is 0 Å². The van der Waals surface area contributed by atoms with Crippen molar-refractivity contribution in [1.29, 1.82) is 0 Å². The number of nitrogens with zero attached hydrogens (tertiary/aromatic N) is 2. The van der Waals surface area contributed by atoms with E-state index in [1.807, 2.05) is 6.07 Å². The number of hydrogen-bond acceptors (Lipinski definition) is 4. The first-order valence-corrected chi connectivity index (χ1v) is 9.09. The SMILES string of the molecule is COc1cc(C2[C@@H](O)N(C)C(=O)[C@]23CCC(=O)N3C)c(Br)cc1Br. The van der Waals surface area contributed by atoms with Gasteiger partial charge in [0.1, 0.15) is 17.5 Å². The fourth-order valence-corrected chi connectivity index (χ4v) is 5.26. The van der Waals surface area contributed by atoms with Gasteiger partial charge in [0.25, 0.3) is 5.91 Å². The third kappa shape index (κ3) is 2.23. The molecular weight excluding hydrogens is 444 g/mol. The van der Waals surface area contributed by atoms with Crippen LogP contribution in [0.25, 0.3) is 0 Å². The second-order valence-electron chi connectivity index (χ2n) is 6.19. The molecule has 0 aromatic heterocycles. The van der Waals surface area contributed by atoms with E-state index in [9.17, 15) is 14.7 Å². The summed E-state index contributed by atoms with van der Waals surface area (Å²) in [5.41, 5.74) is -0.325. The molecule has 2 amide bonds. The van der Waals surface area contributed by atoms with Crippen molar-refractivity contribution >= 4 is 43.7 Å². The number of likely N-dealkylation sites (tertiary alicyclic amines) is 2. The smallest absolute Gasteiger partial charge is 0.251 e. The number of ether oxygens (including phenoxy) is 1. The second kappa shape index (κ2) is 6.00. The van der Waals surface area contributed by atoms with E-state index in [-0.39, 0.29) is 11.8 Å². The van der Waals surface area contributed by atoms with Gasteiger partial charge in [-0.2, -0.15) is 0 Å². The molecule has 0 radical (unpaired) electrons. The average Bonchev–Trinajstić information content (AvgIpc) is 2.93. The fraction of sp³-hybridized carbons (Fsp3) is 0.500. The Balaban J connectivity index is 2.21. The first kappa shape index (κ1) is 17.7. The van der Waals surface area contributed by atoms with Gasteiger partial charge in [-0.3, -0.25) is 9.59 Å². The molecule has 130 valence electrons. The Bertz CT molecular complexity index is 726. The van der Waals surface area contributed by atoms with Crippen LogP contribution in [0.5, 0.6) is 5.75 Å². The molecule has 2 fully saturated rings. The Kier molecular flexibility index (Phi) is 4.42. The second-order valence-corrected chi connectivity index (χ2v) is 7.90. The number of methoxy groups -OCH3 is 1. The lowest BCUT2D eigenvalue weighted by Crippen LogP contribution is -2.52. The lowest BCUT2D eigenvalue weighted by atomic mass is 9.78. The third-order valence-corrected chi connectivity index (χ3v) is 6.51. The van der Waals surface area contributed by atoms with Crippen molar-refractivity contribution in [2.24, 2.45) is 0 Å². The van der Waals surface area contributed by atoms with Crippen molar-refractivity contribution in [3.63, 3.8) is 0 Å². The van der Waals surface area contributed by atoms with Crippen molar-refractivity contribution in [3.05, 3.63) is 26.6 Å². The first-order valence-electron chi connectivity index (χ1n) is 7.50. The summed E-state index contributed by atoms with van der Waals surface area (Å²) < 4.78 is 6.87. The summed E-state index contributed by atoms with van der Waals surface area (Å²) >= 11 is 6.95. The molecule has 1 aromatic carbocycles. The van der Waals surface area contributed by atoms with Crippen molar-refractivity contribution in [1.82, 2.24) is 9.80 Å². The number of halogens is 2. The van der Waals surface area contributed by atoms with Crippen LogP contribution in [0.4, 0.5) is 0 Å². The Morgan fingerprint density at radius 2 is 1.92 bits per heavy atom. The summed E-state index contributed by atoms with van der Waals surface area (Å²) in [5.74, 6) is -0.287. The first-order chi connectivity index (χ1) is 11.3. The quantitative estimate of drug-likeness (QED) is 0.732. The van der Waals surface area contributed by atoms with E-state index in [4.69, 9.17) is 4.74 Å². The number of amides is 2. The molecule has 8 heteroatoms. The summed E-state index contributed by atoms with van der Waals surface area (Å²) in [5, 5.41) is 10.8. The van der Waals surface area contributed by atoms with Crippen LogP contribution in [0.15, 0.2) is 21.1 Å². The van der Waals surface area contributed by atoms with Crippen molar-refractivity contribution in [2.45, 2.75) is 30.5 Å². The maximum Gasteiger partial charge on any atom is 0.251 e. The highest BCUT2D eigenvalue weighted by Crippen LogP contribution is 2.52. The number of aliphatic hydroxyl groups is 1. The van der Waals surface area contributed by atoms with Crippen LogP contribution in [0.2, 0.25) is 0 Å². The number of likely N-dealkylation sites (N-methyl/N-ethyl adjacent to an activating group) is 2. The zero-order valence-corrected chi connectivity index (χ0v) is 16.7. The maximum atomic E-state index is 12.9. The standard InChI is InChI=1S/C16H18Br2N2O4/c1-19-14(22)13(8-6-11(24-3)10(18)7-9(8)17)16(15(19)23)5-4-12(21)20(16)2/h6-7,13-14,22H,4-5H2,1-3H3/t13?,14-,16+/m1/s1. The minimum atomic E-state index is -1.06. The van der Waals surface area contributed by atoms with Crippen LogP contribution < -0.4 is 4.74 Å². The van der Waals surface area contributed by atoms with Gasteiger partial charge >= 0.3 is 0 Å². The minimum Gasteiger partial charge on any atom is -0.496 e. The van der Waals surface area contributed by atoms with Gasteiger partial charge in [0, 0.05) is 25.0 Å². The van der Waals surface area contributed by atoms with Crippen LogP contribution in [0.1, 0.15) is 24.3 Å². The topological polar surface area (TPSA) is 70.1 Å². The Morgan fingerprint density at radius 3 is 2.46 bits per heavy atom. The molecule has 2 saturated heterocycles. The summed E-state index contributed by atoms with van der Waals surface area (Å²) in [6.45, 7) is 0. The molecule has 1 spiro atoms. The maximum absolute atomic E-state index is 12.9. The largest absolute Gasteiger partial charge is 0.496 e.